The molecule has 2 aromatic rings. The molecule has 0 saturated heterocycles. The molecule has 0 saturated carbocycles. The van der Waals surface area contributed by atoms with Crippen LogP contribution in [0.4, 0.5) is 0 Å². The van der Waals surface area contributed by atoms with Crippen molar-refractivity contribution in [1.82, 2.24) is 10.6 Å². The number of hydrogen-bond donors (Lipinski definition) is 2. The lowest BCUT2D eigenvalue weighted by Crippen LogP contribution is -2.28. The number of nitrogens with one attached hydrogen (secondary N) is 2. The highest BCUT2D eigenvalue weighted by Gasteiger charge is 2.29. The molecule has 2 heterocycles. The Hall–Kier alpha value is -2.56. The third-order valence-corrected chi connectivity index (χ3v) is 3.32. The molecule has 0 bridgehead atoms. The zero-order chi connectivity index (χ0) is 13.9. The summed E-state index contributed by atoms with van der Waals surface area (Å²) >= 11 is 0. The number of fused-ring (bicyclic) bond motifs is 1. The fourth-order valence-corrected chi connectivity index (χ4v) is 2.34. The highest BCUT2D eigenvalue weighted by Crippen LogP contribution is 2.27. The Morgan fingerprint density at radius 1 is 1.25 bits per heavy atom. The van der Waals surface area contributed by atoms with Gasteiger partial charge in [0.2, 0.25) is 5.91 Å². The highest BCUT2D eigenvalue weighted by atomic mass is 16.3. The Morgan fingerprint density at radius 2 is 2.10 bits per heavy atom. The van der Waals surface area contributed by atoms with Gasteiger partial charge in [-0.3, -0.25) is 9.59 Å². The van der Waals surface area contributed by atoms with Crippen LogP contribution in [0.25, 0.3) is 0 Å². The van der Waals surface area contributed by atoms with Crippen molar-refractivity contribution < 1.29 is 14.0 Å². The molecular formula is C15H14N2O3. The van der Waals surface area contributed by atoms with E-state index in [4.69, 9.17) is 4.42 Å². The molecule has 5 nitrogen and oxygen atoms in total. The van der Waals surface area contributed by atoms with Gasteiger partial charge in [-0.25, -0.2) is 0 Å². The molecule has 3 rings (SSSR count). The molecule has 0 aliphatic carbocycles. The predicted molar refractivity (Wildman–Crippen MR) is 71.8 cm³/mol. The lowest BCUT2D eigenvalue weighted by molar-refractivity contribution is -0.121. The SMILES string of the molecule is O=C(C[C@@H]1NC(=O)c2ccccc21)NCc1ccco1. The summed E-state index contributed by atoms with van der Waals surface area (Å²) in [5.74, 6) is 0.460. The molecule has 5 heteroatoms. The fourth-order valence-electron chi connectivity index (χ4n) is 2.34. The van der Waals surface area contributed by atoms with E-state index in [-0.39, 0.29) is 24.3 Å². The van der Waals surface area contributed by atoms with Crippen LogP contribution in [0.1, 0.15) is 34.1 Å². The second-order valence-corrected chi connectivity index (χ2v) is 4.67. The fraction of sp³-hybridized carbons (Fsp3) is 0.200. The van der Waals surface area contributed by atoms with Gasteiger partial charge < -0.3 is 15.1 Å². The van der Waals surface area contributed by atoms with Gasteiger partial charge in [-0.2, -0.15) is 0 Å². The van der Waals surface area contributed by atoms with Crippen molar-refractivity contribution in [2.24, 2.45) is 0 Å². The minimum Gasteiger partial charge on any atom is -0.467 e. The number of benzene rings is 1. The lowest BCUT2D eigenvalue weighted by Gasteiger charge is -2.11. The molecule has 1 aromatic heterocycles. The van der Waals surface area contributed by atoms with Crippen LogP contribution >= 0.6 is 0 Å². The molecule has 2 amide bonds. The van der Waals surface area contributed by atoms with Gasteiger partial charge in [-0.15, -0.1) is 0 Å². The molecule has 1 aliphatic rings. The first-order valence-electron chi connectivity index (χ1n) is 6.43. The van der Waals surface area contributed by atoms with Gasteiger partial charge >= 0.3 is 0 Å². The van der Waals surface area contributed by atoms with Crippen molar-refractivity contribution in [3.63, 3.8) is 0 Å². The summed E-state index contributed by atoms with van der Waals surface area (Å²) in [7, 11) is 0. The van der Waals surface area contributed by atoms with E-state index in [1.54, 1.807) is 24.5 Å². The Balaban J connectivity index is 1.61. The maximum absolute atomic E-state index is 11.9. The molecular weight excluding hydrogens is 256 g/mol. The average Bonchev–Trinajstić information content (AvgIpc) is 3.07. The van der Waals surface area contributed by atoms with E-state index >= 15 is 0 Å². The third-order valence-electron chi connectivity index (χ3n) is 3.32. The van der Waals surface area contributed by atoms with Crippen LogP contribution in [-0.2, 0) is 11.3 Å². The van der Waals surface area contributed by atoms with Crippen LogP contribution in [-0.4, -0.2) is 11.8 Å². The largest absolute Gasteiger partial charge is 0.467 e. The minimum absolute atomic E-state index is 0.121. The van der Waals surface area contributed by atoms with Crippen LogP contribution in [0.3, 0.4) is 0 Å². The quantitative estimate of drug-likeness (QED) is 0.889. The Kier molecular flexibility index (Phi) is 3.25. The van der Waals surface area contributed by atoms with Gasteiger partial charge in [0.25, 0.3) is 5.91 Å². The molecule has 0 fully saturated rings. The summed E-state index contributed by atoms with van der Waals surface area (Å²) in [6.45, 7) is 0.355. The molecule has 0 spiro atoms. The van der Waals surface area contributed by atoms with E-state index in [0.717, 1.165) is 5.56 Å². The number of rotatable bonds is 4. The van der Waals surface area contributed by atoms with Gasteiger partial charge in [0.05, 0.1) is 25.3 Å². The van der Waals surface area contributed by atoms with Gasteiger partial charge in [-0.05, 0) is 23.8 Å². The monoisotopic (exact) mass is 270 g/mol. The second-order valence-electron chi connectivity index (χ2n) is 4.67. The summed E-state index contributed by atoms with van der Waals surface area (Å²) < 4.78 is 5.14. The van der Waals surface area contributed by atoms with Crippen LogP contribution in [0.15, 0.2) is 47.1 Å². The molecule has 1 atom stereocenters. The smallest absolute Gasteiger partial charge is 0.252 e. The normalized spacial score (nSPS) is 16.6. The highest BCUT2D eigenvalue weighted by molar-refractivity contribution is 5.99. The molecule has 2 N–H and O–H groups in total. The van der Waals surface area contributed by atoms with Crippen molar-refractivity contribution >= 4 is 11.8 Å². The topological polar surface area (TPSA) is 71.3 Å². The summed E-state index contributed by atoms with van der Waals surface area (Å²) in [5, 5.41) is 5.59. The van der Waals surface area contributed by atoms with E-state index < -0.39 is 0 Å². The lowest BCUT2D eigenvalue weighted by atomic mass is 10.0. The first-order valence-corrected chi connectivity index (χ1v) is 6.43. The summed E-state index contributed by atoms with van der Waals surface area (Å²) in [5.41, 5.74) is 1.53. The van der Waals surface area contributed by atoms with E-state index in [9.17, 15) is 9.59 Å². The van der Waals surface area contributed by atoms with Crippen LogP contribution in [0, 0.1) is 0 Å². The van der Waals surface area contributed by atoms with Crippen molar-refractivity contribution in [2.75, 3.05) is 0 Å². The van der Waals surface area contributed by atoms with E-state index in [1.807, 2.05) is 18.2 Å². The van der Waals surface area contributed by atoms with Crippen molar-refractivity contribution in [3.05, 3.63) is 59.5 Å². The summed E-state index contributed by atoms with van der Waals surface area (Å²) in [4.78, 5) is 23.7. The first kappa shape index (κ1) is 12.5. The number of amides is 2. The van der Waals surface area contributed by atoms with Gasteiger partial charge in [0.15, 0.2) is 0 Å². The Bertz CT molecular complexity index is 634. The van der Waals surface area contributed by atoms with Crippen molar-refractivity contribution in [3.8, 4) is 0 Å². The van der Waals surface area contributed by atoms with E-state index in [1.165, 1.54) is 0 Å². The molecule has 20 heavy (non-hydrogen) atoms. The van der Waals surface area contributed by atoms with Crippen molar-refractivity contribution in [1.29, 1.82) is 0 Å². The summed E-state index contributed by atoms with van der Waals surface area (Å²) in [6, 6.07) is 10.6. The maximum Gasteiger partial charge on any atom is 0.252 e. The third kappa shape index (κ3) is 2.42. The summed E-state index contributed by atoms with van der Waals surface area (Å²) in [6.07, 6.45) is 1.79. The zero-order valence-corrected chi connectivity index (χ0v) is 10.8. The molecule has 1 aliphatic heterocycles. The Labute approximate surface area is 116 Å². The van der Waals surface area contributed by atoms with Crippen molar-refractivity contribution in [2.45, 2.75) is 19.0 Å². The Morgan fingerprint density at radius 3 is 2.90 bits per heavy atom. The van der Waals surface area contributed by atoms with Crippen LogP contribution in [0.2, 0.25) is 0 Å². The molecule has 0 unspecified atom stereocenters. The van der Waals surface area contributed by atoms with Crippen LogP contribution < -0.4 is 10.6 Å². The number of carbonyl (C=O) groups is 2. The number of hydrogen-bond acceptors (Lipinski definition) is 3. The molecule has 0 radical (unpaired) electrons. The standard InChI is InChI=1S/C15H14N2O3/c18-14(16-9-10-4-3-7-20-10)8-13-11-5-1-2-6-12(11)15(19)17-13/h1-7,13H,8-9H2,(H,16,18)(H,17,19)/t13-/m0/s1. The van der Waals surface area contributed by atoms with Gasteiger partial charge in [0, 0.05) is 5.56 Å². The van der Waals surface area contributed by atoms with Crippen LogP contribution in [0.5, 0.6) is 0 Å². The number of furan rings is 1. The first-order chi connectivity index (χ1) is 9.74. The molecule has 102 valence electrons. The molecule has 1 aromatic carbocycles. The van der Waals surface area contributed by atoms with E-state index in [2.05, 4.69) is 10.6 Å². The number of carbonyl (C=O) groups excluding carboxylic acids is 2. The van der Waals surface area contributed by atoms with E-state index in [0.29, 0.717) is 17.9 Å². The van der Waals surface area contributed by atoms with Gasteiger partial charge in [-0.1, -0.05) is 18.2 Å². The maximum atomic E-state index is 11.9. The predicted octanol–water partition coefficient (Wildman–Crippen LogP) is 1.77. The zero-order valence-electron chi connectivity index (χ0n) is 10.8. The minimum atomic E-state index is -0.254. The van der Waals surface area contributed by atoms with Gasteiger partial charge in [0.1, 0.15) is 5.76 Å². The average molecular weight is 270 g/mol. The second kappa shape index (κ2) is 5.21.